The maximum absolute atomic E-state index is 4.00. The molecule has 0 saturated heterocycles. The van der Waals surface area contributed by atoms with Crippen LogP contribution in [0.2, 0.25) is 0 Å². The van der Waals surface area contributed by atoms with Gasteiger partial charge in [-0.2, -0.15) is 0 Å². The second kappa shape index (κ2) is 3.93. The van der Waals surface area contributed by atoms with Crippen LogP contribution in [0.15, 0.2) is 29.0 Å². The Morgan fingerprint density at radius 1 is 1.62 bits per heavy atom. The minimum atomic E-state index is 0.966. The third kappa shape index (κ3) is 2.10. The average molecular weight is 211 g/mol. The lowest BCUT2D eigenvalue weighted by Gasteiger charge is -1.97. The Hall–Kier alpha value is -0.810. The van der Waals surface area contributed by atoms with Gasteiger partial charge in [0, 0.05) is 17.7 Å². The summed E-state index contributed by atoms with van der Waals surface area (Å²) in [5, 5.41) is 10.9. The van der Waals surface area contributed by atoms with E-state index in [0.717, 1.165) is 10.9 Å². The van der Waals surface area contributed by atoms with Crippen LogP contribution in [0, 0.1) is 0 Å². The average Bonchev–Trinajstić information content (AvgIpc) is 2.72. The fourth-order valence-electron chi connectivity index (χ4n) is 0.934. The van der Waals surface area contributed by atoms with Crippen LogP contribution in [0.1, 0.15) is 4.88 Å². The van der Waals surface area contributed by atoms with Crippen molar-refractivity contribution in [2.75, 3.05) is 0 Å². The zero-order valence-corrected chi connectivity index (χ0v) is 8.81. The van der Waals surface area contributed by atoms with Crippen LogP contribution < -0.4 is 0 Å². The van der Waals surface area contributed by atoms with Gasteiger partial charge in [0.25, 0.3) is 0 Å². The molecule has 0 saturated carbocycles. The van der Waals surface area contributed by atoms with Crippen LogP contribution in [0.3, 0.4) is 0 Å². The van der Waals surface area contributed by atoms with Crippen molar-refractivity contribution in [1.29, 1.82) is 0 Å². The molecule has 68 valence electrons. The fraction of sp³-hybridized carbons (Fsp3) is 0.250. The molecule has 2 aromatic heterocycles. The van der Waals surface area contributed by atoms with Crippen LogP contribution in [-0.4, -0.2) is 14.8 Å². The molecule has 0 spiro atoms. The van der Waals surface area contributed by atoms with Gasteiger partial charge in [0.1, 0.15) is 6.33 Å². The summed E-state index contributed by atoms with van der Waals surface area (Å²) in [6, 6.07) is 4.20. The number of hydrogen-bond acceptors (Lipinski definition) is 4. The molecule has 13 heavy (non-hydrogen) atoms. The first kappa shape index (κ1) is 8.77. The summed E-state index contributed by atoms with van der Waals surface area (Å²) in [4.78, 5) is 1.37. The van der Waals surface area contributed by atoms with Crippen molar-refractivity contribution in [3.05, 3.63) is 28.7 Å². The van der Waals surface area contributed by atoms with Gasteiger partial charge in [0.05, 0.1) is 0 Å². The molecule has 3 nitrogen and oxygen atoms in total. The lowest BCUT2D eigenvalue weighted by Crippen LogP contribution is -1.88. The van der Waals surface area contributed by atoms with E-state index in [0.29, 0.717) is 0 Å². The molecule has 0 amide bonds. The summed E-state index contributed by atoms with van der Waals surface area (Å²) >= 11 is 3.48. The van der Waals surface area contributed by atoms with Crippen LogP contribution in [0.25, 0.3) is 0 Å². The molecule has 0 aliphatic heterocycles. The van der Waals surface area contributed by atoms with E-state index >= 15 is 0 Å². The van der Waals surface area contributed by atoms with Crippen LogP contribution in [0.4, 0.5) is 0 Å². The Kier molecular flexibility index (Phi) is 2.65. The van der Waals surface area contributed by atoms with E-state index in [1.807, 2.05) is 11.6 Å². The smallest absolute Gasteiger partial charge is 0.191 e. The molecule has 2 rings (SSSR count). The molecule has 2 heterocycles. The Morgan fingerprint density at radius 2 is 2.54 bits per heavy atom. The summed E-state index contributed by atoms with van der Waals surface area (Å²) in [5.41, 5.74) is 0. The number of aromatic nitrogens is 3. The highest BCUT2D eigenvalue weighted by Gasteiger charge is 2.01. The first-order chi connectivity index (χ1) is 6.36. The van der Waals surface area contributed by atoms with Crippen molar-refractivity contribution in [3.63, 3.8) is 0 Å². The maximum Gasteiger partial charge on any atom is 0.191 e. The molecule has 0 radical (unpaired) electrons. The number of hydrogen-bond donors (Lipinski definition) is 0. The summed E-state index contributed by atoms with van der Waals surface area (Å²) < 4.78 is 1.93. The number of aryl methyl sites for hydroxylation is 1. The highest BCUT2D eigenvalue weighted by Crippen LogP contribution is 2.22. The molecule has 0 aromatic carbocycles. The van der Waals surface area contributed by atoms with E-state index in [4.69, 9.17) is 0 Å². The Labute approximate surface area is 84.8 Å². The second-order valence-electron chi connectivity index (χ2n) is 2.59. The van der Waals surface area contributed by atoms with Crippen molar-refractivity contribution < 1.29 is 0 Å². The molecule has 0 aliphatic rings. The van der Waals surface area contributed by atoms with Crippen molar-refractivity contribution >= 4 is 23.1 Å². The third-order valence-corrected chi connectivity index (χ3v) is 3.74. The molecular formula is C8H9N3S2. The van der Waals surface area contributed by atoms with Gasteiger partial charge in [-0.05, 0) is 11.4 Å². The Morgan fingerprint density at radius 3 is 3.15 bits per heavy atom. The summed E-state index contributed by atoms with van der Waals surface area (Å²) in [5.74, 6) is 0.976. The monoisotopic (exact) mass is 211 g/mol. The molecule has 0 bridgehead atoms. The van der Waals surface area contributed by atoms with E-state index in [-0.39, 0.29) is 0 Å². The molecule has 0 unspecified atom stereocenters. The van der Waals surface area contributed by atoms with Crippen molar-refractivity contribution in [2.45, 2.75) is 10.9 Å². The molecule has 0 aliphatic carbocycles. The minimum Gasteiger partial charge on any atom is -0.312 e. The van der Waals surface area contributed by atoms with Crippen LogP contribution in [0.5, 0.6) is 0 Å². The standard InChI is InChI=1S/C8H9N3S2/c1-11-6-9-10-8(11)13-5-7-3-2-4-12-7/h2-4,6H,5H2,1H3. The lowest BCUT2D eigenvalue weighted by atomic mass is 10.5. The molecule has 0 N–H and O–H groups in total. The van der Waals surface area contributed by atoms with Gasteiger partial charge in [-0.3, -0.25) is 0 Å². The first-order valence-electron chi connectivity index (χ1n) is 3.85. The van der Waals surface area contributed by atoms with E-state index in [9.17, 15) is 0 Å². The van der Waals surface area contributed by atoms with E-state index in [1.165, 1.54) is 4.88 Å². The quantitative estimate of drug-likeness (QED) is 0.729. The summed E-state index contributed by atoms with van der Waals surface area (Å²) in [6.45, 7) is 0. The van der Waals surface area contributed by atoms with E-state index in [1.54, 1.807) is 29.4 Å². The minimum absolute atomic E-state index is 0.966. The van der Waals surface area contributed by atoms with E-state index < -0.39 is 0 Å². The van der Waals surface area contributed by atoms with Crippen LogP contribution in [-0.2, 0) is 12.8 Å². The maximum atomic E-state index is 4.00. The summed E-state index contributed by atoms with van der Waals surface area (Å²) in [6.07, 6.45) is 1.72. The predicted molar refractivity (Wildman–Crippen MR) is 54.9 cm³/mol. The molecule has 5 heteroatoms. The fourth-order valence-corrected chi connectivity index (χ4v) is 2.59. The zero-order chi connectivity index (χ0) is 9.10. The number of thioether (sulfide) groups is 1. The van der Waals surface area contributed by atoms with Crippen molar-refractivity contribution in [1.82, 2.24) is 14.8 Å². The highest BCUT2D eigenvalue weighted by atomic mass is 32.2. The van der Waals surface area contributed by atoms with Gasteiger partial charge in [-0.15, -0.1) is 21.5 Å². The Balaban J connectivity index is 1.97. The Bertz CT molecular complexity index is 366. The van der Waals surface area contributed by atoms with Crippen molar-refractivity contribution in [2.24, 2.45) is 7.05 Å². The highest BCUT2D eigenvalue weighted by molar-refractivity contribution is 7.98. The zero-order valence-electron chi connectivity index (χ0n) is 7.17. The van der Waals surface area contributed by atoms with Gasteiger partial charge in [-0.25, -0.2) is 0 Å². The van der Waals surface area contributed by atoms with Gasteiger partial charge < -0.3 is 4.57 Å². The molecule has 0 fully saturated rings. The van der Waals surface area contributed by atoms with E-state index in [2.05, 4.69) is 27.7 Å². The largest absolute Gasteiger partial charge is 0.312 e. The molecular weight excluding hydrogens is 202 g/mol. The second-order valence-corrected chi connectivity index (χ2v) is 4.57. The van der Waals surface area contributed by atoms with Crippen LogP contribution >= 0.6 is 23.1 Å². The number of rotatable bonds is 3. The van der Waals surface area contributed by atoms with Crippen molar-refractivity contribution in [3.8, 4) is 0 Å². The number of nitrogens with zero attached hydrogens (tertiary/aromatic N) is 3. The number of thiophene rings is 1. The molecule has 2 aromatic rings. The summed E-state index contributed by atoms with van der Waals surface area (Å²) in [7, 11) is 1.96. The van der Waals surface area contributed by atoms with Gasteiger partial charge in [0.2, 0.25) is 0 Å². The van der Waals surface area contributed by atoms with Gasteiger partial charge >= 0.3 is 0 Å². The molecule has 0 atom stereocenters. The first-order valence-corrected chi connectivity index (χ1v) is 5.72. The van der Waals surface area contributed by atoms with Gasteiger partial charge in [0.15, 0.2) is 5.16 Å². The SMILES string of the molecule is Cn1cnnc1SCc1cccs1. The predicted octanol–water partition coefficient (Wildman–Crippen LogP) is 2.17. The normalized spacial score (nSPS) is 10.5. The van der Waals surface area contributed by atoms with Gasteiger partial charge in [-0.1, -0.05) is 17.8 Å². The third-order valence-electron chi connectivity index (χ3n) is 1.59. The topological polar surface area (TPSA) is 30.7 Å². The lowest BCUT2D eigenvalue weighted by molar-refractivity contribution is 0.788.